The number of anilines is 1. The van der Waals surface area contributed by atoms with Crippen LogP contribution in [0, 0.1) is 6.92 Å². The van der Waals surface area contributed by atoms with E-state index in [1.165, 1.54) is 38.5 Å². The minimum absolute atomic E-state index is 0.518. The zero-order valence-corrected chi connectivity index (χ0v) is 19.9. The van der Waals surface area contributed by atoms with Gasteiger partial charge in [-0.15, -0.1) is 0 Å². The van der Waals surface area contributed by atoms with E-state index in [4.69, 9.17) is 4.99 Å². The van der Waals surface area contributed by atoms with E-state index in [1.54, 1.807) is 0 Å². The molecule has 0 saturated carbocycles. The van der Waals surface area contributed by atoms with Gasteiger partial charge in [0.25, 0.3) is 0 Å². The fraction of sp³-hybridized carbons (Fsp3) is 0.296. The molecule has 0 spiro atoms. The molecule has 0 aliphatic heterocycles. The largest absolute Gasteiger partial charge is 0.476 e. The van der Waals surface area contributed by atoms with Gasteiger partial charge >= 0.3 is 14.4 Å². The van der Waals surface area contributed by atoms with Gasteiger partial charge in [-0.1, -0.05) is 85.4 Å². The summed E-state index contributed by atoms with van der Waals surface area (Å²) in [4.78, 5) is 4.77. The van der Waals surface area contributed by atoms with E-state index in [1.807, 2.05) is 6.21 Å². The summed E-state index contributed by atoms with van der Waals surface area (Å²) in [5.41, 5.74) is 7.54. The Morgan fingerprint density at radius 2 is 1.73 bits per heavy atom. The molecule has 3 rings (SSSR count). The van der Waals surface area contributed by atoms with E-state index in [-0.39, 0.29) is 0 Å². The number of nitrogens with one attached hydrogen (secondary N) is 1. The number of aliphatic imine (C=N–C) groups is 1. The van der Waals surface area contributed by atoms with E-state index in [9.17, 15) is 0 Å². The molecule has 3 heteroatoms. The Balaban J connectivity index is 1.67. The maximum absolute atomic E-state index is 4.77. The predicted octanol–water partition coefficient (Wildman–Crippen LogP) is 7.54. The minimum Gasteiger partial charge on any atom is -0.476 e. The summed E-state index contributed by atoms with van der Waals surface area (Å²) in [6.07, 6.45) is 3.13. The molecule has 30 heavy (non-hydrogen) atoms. The zero-order chi connectivity index (χ0) is 21.3. The van der Waals surface area contributed by atoms with Crippen molar-refractivity contribution in [3.05, 3.63) is 95.1 Å². The molecule has 0 fully saturated rings. The summed E-state index contributed by atoms with van der Waals surface area (Å²) in [6, 6.07) is 26.0. The van der Waals surface area contributed by atoms with Crippen LogP contribution in [0.25, 0.3) is 0 Å². The van der Waals surface area contributed by atoms with Crippen molar-refractivity contribution < 1.29 is 0 Å². The van der Waals surface area contributed by atoms with Crippen LogP contribution in [0.2, 0.25) is 10.6 Å². The molecule has 0 atom stereocenters. The first-order chi connectivity index (χ1) is 14.5. The number of hydrogen-bond donors (Lipinski definition) is 1. The molecule has 1 N–H and O–H groups in total. The van der Waals surface area contributed by atoms with E-state index in [0.29, 0.717) is 5.92 Å². The monoisotopic (exact) mass is 412 g/mol. The summed E-state index contributed by atoms with van der Waals surface area (Å²) in [5.74, 6) is 0.518. The Labute approximate surface area is 186 Å². The van der Waals surface area contributed by atoms with Gasteiger partial charge in [-0.25, -0.2) is 0 Å². The first kappa shape index (κ1) is 22.3. The third-order valence-corrected chi connectivity index (χ3v) is 8.33. The number of nitrogens with zero attached hydrogens (tertiary/aromatic N) is 1. The summed E-state index contributed by atoms with van der Waals surface area (Å²) >= 11 is -1.04. The molecule has 2 nitrogen and oxygen atoms in total. The van der Waals surface area contributed by atoms with Crippen LogP contribution in [0.5, 0.6) is 0 Å². The highest BCUT2D eigenvalue weighted by Gasteiger charge is 2.17. The van der Waals surface area contributed by atoms with Crippen LogP contribution in [-0.2, 0) is 6.42 Å². The molecule has 0 aliphatic rings. The van der Waals surface area contributed by atoms with Crippen LogP contribution < -0.4 is 4.30 Å². The van der Waals surface area contributed by atoms with Crippen LogP contribution in [0.15, 0.2) is 77.8 Å². The maximum Gasteiger partial charge on any atom is 0.411 e. The fourth-order valence-electron chi connectivity index (χ4n) is 3.59. The Bertz CT molecular complexity index is 961. The molecule has 0 bridgehead atoms. The fourth-order valence-corrected chi connectivity index (χ4v) is 5.67. The van der Waals surface area contributed by atoms with Gasteiger partial charge in [0.05, 0.1) is 5.69 Å². The van der Waals surface area contributed by atoms with Gasteiger partial charge in [-0.3, -0.25) is 4.99 Å². The van der Waals surface area contributed by atoms with Gasteiger partial charge in [0.15, 0.2) is 0 Å². The molecule has 3 aromatic rings. The zero-order valence-electron chi connectivity index (χ0n) is 18.7. The third kappa shape index (κ3) is 6.59. The van der Waals surface area contributed by atoms with E-state index >= 15 is 0 Å². The number of aryl methyl sites for hydroxylation is 2. The average molecular weight is 413 g/mol. The van der Waals surface area contributed by atoms with Crippen molar-refractivity contribution in [2.45, 2.75) is 50.6 Å². The lowest BCUT2D eigenvalue weighted by molar-refractivity contribution is 0.867. The van der Waals surface area contributed by atoms with Crippen LogP contribution in [0.1, 0.15) is 48.9 Å². The summed E-state index contributed by atoms with van der Waals surface area (Å²) in [6.45, 7) is 8.89. The Morgan fingerprint density at radius 1 is 0.967 bits per heavy atom. The average Bonchev–Trinajstić information content (AvgIpc) is 2.77. The second-order valence-corrected chi connectivity index (χ2v) is 11.4. The van der Waals surface area contributed by atoms with Crippen LogP contribution >= 0.6 is 0 Å². The number of benzene rings is 3. The molecule has 0 amide bonds. The van der Waals surface area contributed by atoms with Gasteiger partial charge in [0, 0.05) is 11.9 Å². The van der Waals surface area contributed by atoms with Crippen LogP contribution in [0.3, 0.4) is 0 Å². The quantitative estimate of drug-likeness (QED) is 0.285. The van der Waals surface area contributed by atoms with E-state index in [2.05, 4.69) is 105 Å². The summed E-state index contributed by atoms with van der Waals surface area (Å²) in [5, 5.41) is 2.48. The van der Waals surface area contributed by atoms with Crippen molar-refractivity contribution in [3.8, 4) is 0 Å². The first-order valence-electron chi connectivity index (χ1n) is 11.1. The normalized spacial score (nSPS) is 11.2. The number of hydrogen-bond acceptors (Lipinski definition) is 2. The van der Waals surface area contributed by atoms with Crippen molar-refractivity contribution in [3.63, 3.8) is 0 Å². The highest BCUT2D eigenvalue weighted by Crippen LogP contribution is 2.21. The Morgan fingerprint density at radius 3 is 2.47 bits per heavy atom. The Kier molecular flexibility index (Phi) is 8.32. The van der Waals surface area contributed by atoms with Gasteiger partial charge < -0.3 is 4.30 Å². The standard InChI is InChI=1S/C18H20N.C7H8N.C2H5.Al/c1-4-15-8-5-6-9-17(15)13-19-18-11-7-10-16(12-18)14(2)3;1-6-2-4-7(8)5-3-6;1-2;/h5-14H,1,4H2,2-3H3;2-5,8H,1H3;1H2,2H3;/q;-1;;+1. The van der Waals surface area contributed by atoms with E-state index < -0.39 is 14.4 Å². The molecule has 0 heterocycles. The molecule has 0 aromatic heterocycles. The van der Waals surface area contributed by atoms with Crippen molar-refractivity contribution in [1.82, 2.24) is 0 Å². The maximum atomic E-state index is 4.77. The number of rotatable bonds is 9. The molecule has 0 unspecified atom stereocenters. The minimum atomic E-state index is -1.04. The van der Waals surface area contributed by atoms with Crippen molar-refractivity contribution in [2.75, 3.05) is 4.30 Å². The molecule has 0 radical (unpaired) electrons. The van der Waals surface area contributed by atoms with E-state index in [0.717, 1.165) is 12.1 Å². The molecule has 0 aliphatic carbocycles. The highest BCUT2D eigenvalue weighted by atomic mass is 27.2. The van der Waals surface area contributed by atoms with Crippen LogP contribution in [0.4, 0.5) is 11.4 Å². The predicted molar refractivity (Wildman–Crippen MR) is 134 cm³/mol. The lowest BCUT2D eigenvalue weighted by atomic mass is 10.0. The van der Waals surface area contributed by atoms with Gasteiger partial charge in [-0.05, 0) is 60.2 Å². The molecule has 0 saturated heterocycles. The Hall–Kier alpha value is -2.34. The lowest BCUT2D eigenvalue weighted by Gasteiger charge is -2.14. The third-order valence-electron chi connectivity index (χ3n) is 5.62. The summed E-state index contributed by atoms with van der Waals surface area (Å²) in [7, 11) is 0. The van der Waals surface area contributed by atoms with Crippen LogP contribution in [-0.4, -0.2) is 20.6 Å². The molecular formula is C27H33AlN2. The highest BCUT2D eigenvalue weighted by molar-refractivity contribution is 6.62. The molecule has 154 valence electrons. The second-order valence-electron chi connectivity index (χ2n) is 8.36. The molecular weight excluding hydrogens is 379 g/mol. The van der Waals surface area contributed by atoms with Gasteiger partial charge in [0.2, 0.25) is 0 Å². The van der Waals surface area contributed by atoms with Crippen molar-refractivity contribution in [1.29, 1.82) is 0 Å². The van der Waals surface area contributed by atoms with Crippen molar-refractivity contribution in [2.24, 2.45) is 4.99 Å². The molecule has 3 aromatic carbocycles. The van der Waals surface area contributed by atoms with Gasteiger partial charge in [0.1, 0.15) is 0 Å². The smallest absolute Gasteiger partial charge is 0.411 e. The second kappa shape index (κ2) is 11.2. The lowest BCUT2D eigenvalue weighted by Crippen LogP contribution is -2.24. The SMILES string of the molecule is C[CH2][Al]([CH2]Cc1ccccc1C=Nc1cccc(C(C)C)c1)[NH]c1ccc(C)cc1. The van der Waals surface area contributed by atoms with Crippen molar-refractivity contribution >= 4 is 32.0 Å². The van der Waals surface area contributed by atoms with Gasteiger partial charge in [-0.2, -0.15) is 0 Å². The first-order valence-corrected chi connectivity index (χ1v) is 13.3. The summed E-state index contributed by atoms with van der Waals surface area (Å²) < 4.78 is 3.83. The topological polar surface area (TPSA) is 24.4 Å².